The van der Waals surface area contributed by atoms with Crippen LogP contribution in [0.1, 0.15) is 256 Å². The standard InChI is InChI=1S/C26H50O3.C16H32O2.3K.3H/c1-3-5-7-9-11-13-14-16-18-20-22-24-26(28)29-25(27)23-21-19-17-15-12-10-8-6-4-2;1-2-3-4-5-6-7-8-9-10-11-12-13-14-15-16(17)18;;;;;;/h3-24H2,1-2H3;2-15H2,1H3,(H,17,18);;;;;;/q;;3*+1;3*-1. The van der Waals surface area contributed by atoms with Gasteiger partial charge in [-0.05, 0) is 19.3 Å². The first kappa shape index (κ1) is 62.7. The molecule has 0 aliphatic heterocycles. The van der Waals surface area contributed by atoms with Crippen molar-refractivity contribution in [1.82, 2.24) is 0 Å². The van der Waals surface area contributed by atoms with Crippen LogP contribution in [-0.4, -0.2) is 23.0 Å². The van der Waals surface area contributed by atoms with Gasteiger partial charge in [0.25, 0.3) is 0 Å². The maximum Gasteiger partial charge on any atom is 1.00 e. The van der Waals surface area contributed by atoms with Gasteiger partial charge < -0.3 is 14.1 Å². The molecule has 0 radical (unpaired) electrons. The SMILES string of the molecule is CCCCCCCCCCCCCC(=O)OC(=O)CCCCCCCCCCC.CCCCCCCCCCCCCCCC(=O)O.[H-].[H-].[H-].[K+].[K+].[K+]. The fraction of sp³-hybridized carbons (Fsp3) is 0.929. The molecule has 8 heteroatoms. The van der Waals surface area contributed by atoms with Crippen LogP contribution in [0.25, 0.3) is 0 Å². The molecule has 50 heavy (non-hydrogen) atoms. The minimum atomic E-state index is -0.655. The summed E-state index contributed by atoms with van der Waals surface area (Å²) in [5.74, 6) is -1.32. The number of carbonyl (C=O) groups excluding carboxylic acids is 2. The fourth-order valence-electron chi connectivity index (χ4n) is 6.04. The Bertz CT molecular complexity index is 680. The Hall–Kier alpha value is 3.52. The van der Waals surface area contributed by atoms with Crippen molar-refractivity contribution in [2.45, 2.75) is 252 Å². The van der Waals surface area contributed by atoms with Crippen LogP contribution < -0.4 is 154 Å². The third kappa shape index (κ3) is 60.8. The Morgan fingerprint density at radius 3 is 0.720 bits per heavy atom. The van der Waals surface area contributed by atoms with Crippen molar-refractivity contribution in [3.63, 3.8) is 0 Å². The summed E-state index contributed by atoms with van der Waals surface area (Å²) in [6.45, 7) is 6.75. The van der Waals surface area contributed by atoms with Crippen molar-refractivity contribution in [2.24, 2.45) is 0 Å². The van der Waals surface area contributed by atoms with E-state index in [0.717, 1.165) is 38.5 Å². The Morgan fingerprint density at radius 1 is 0.340 bits per heavy atom. The van der Waals surface area contributed by atoms with Crippen LogP contribution >= 0.6 is 0 Å². The predicted octanol–water partition coefficient (Wildman–Crippen LogP) is 5.58. The number of hydrogen-bond donors (Lipinski definition) is 1. The van der Waals surface area contributed by atoms with Crippen molar-refractivity contribution >= 4 is 17.9 Å². The number of esters is 2. The molecule has 0 saturated carbocycles. The van der Waals surface area contributed by atoms with Gasteiger partial charge in [0.1, 0.15) is 0 Å². The monoisotopic (exact) mass is 787 g/mol. The second-order valence-electron chi connectivity index (χ2n) is 14.1. The van der Waals surface area contributed by atoms with Crippen LogP contribution in [0, 0.1) is 0 Å². The summed E-state index contributed by atoms with van der Waals surface area (Å²) in [4.78, 5) is 33.8. The van der Waals surface area contributed by atoms with Gasteiger partial charge in [0.15, 0.2) is 0 Å². The summed E-state index contributed by atoms with van der Waals surface area (Å²) >= 11 is 0. The minimum absolute atomic E-state index is 0. The van der Waals surface area contributed by atoms with Gasteiger partial charge in [-0.1, -0.05) is 213 Å². The van der Waals surface area contributed by atoms with Crippen molar-refractivity contribution in [1.29, 1.82) is 0 Å². The maximum absolute atomic E-state index is 11.7. The van der Waals surface area contributed by atoms with E-state index in [1.807, 2.05) is 0 Å². The Kier molecular flexibility index (Phi) is 71.3. The van der Waals surface area contributed by atoms with Crippen molar-refractivity contribution in [3.05, 3.63) is 0 Å². The molecule has 0 heterocycles. The number of ether oxygens (including phenoxy) is 1. The smallest absolute Gasteiger partial charge is 1.00 e. The number of carboxylic acids is 1. The van der Waals surface area contributed by atoms with E-state index in [1.165, 1.54) is 173 Å². The van der Waals surface area contributed by atoms with Gasteiger partial charge in [0.05, 0.1) is 0 Å². The first-order valence-corrected chi connectivity index (χ1v) is 20.9. The van der Waals surface area contributed by atoms with Gasteiger partial charge >= 0.3 is 172 Å². The summed E-state index contributed by atoms with van der Waals surface area (Å²) < 4.78 is 4.94. The van der Waals surface area contributed by atoms with Crippen LogP contribution in [0.4, 0.5) is 0 Å². The maximum atomic E-state index is 11.7. The van der Waals surface area contributed by atoms with E-state index in [4.69, 9.17) is 9.84 Å². The average molecular weight is 787 g/mol. The molecule has 0 aliphatic rings. The van der Waals surface area contributed by atoms with Crippen molar-refractivity contribution in [3.8, 4) is 0 Å². The molecule has 0 spiro atoms. The molecule has 0 fully saturated rings. The third-order valence-corrected chi connectivity index (χ3v) is 9.19. The molecular weight excluding hydrogens is 702 g/mol. The molecule has 0 atom stereocenters. The fourth-order valence-corrected chi connectivity index (χ4v) is 6.04. The first-order valence-electron chi connectivity index (χ1n) is 20.9. The molecule has 1 N–H and O–H groups in total. The third-order valence-electron chi connectivity index (χ3n) is 9.19. The molecule has 5 nitrogen and oxygen atoms in total. The zero-order valence-electron chi connectivity index (χ0n) is 38.0. The first-order chi connectivity index (χ1) is 23.0. The zero-order chi connectivity index (χ0) is 34.9. The van der Waals surface area contributed by atoms with Gasteiger partial charge in [-0.15, -0.1) is 0 Å². The number of carboxylic acid groups (broad SMARTS) is 1. The molecule has 0 aromatic carbocycles. The quantitative estimate of drug-likeness (QED) is 0.0389. The van der Waals surface area contributed by atoms with Gasteiger partial charge in [0, 0.05) is 19.3 Å². The molecular formula is C42H85K3O5. The van der Waals surface area contributed by atoms with E-state index in [0.29, 0.717) is 19.3 Å². The summed E-state index contributed by atoms with van der Waals surface area (Å²) in [7, 11) is 0. The molecule has 0 saturated heterocycles. The molecule has 0 bridgehead atoms. The van der Waals surface area contributed by atoms with E-state index in [1.54, 1.807) is 0 Å². The summed E-state index contributed by atoms with van der Waals surface area (Å²) in [6.07, 6.45) is 42.9. The number of aliphatic carboxylic acids is 1. The second-order valence-corrected chi connectivity index (χ2v) is 14.1. The minimum Gasteiger partial charge on any atom is -1.00 e. The number of rotatable bonds is 36. The van der Waals surface area contributed by atoms with Crippen molar-refractivity contribution in [2.75, 3.05) is 0 Å². The van der Waals surface area contributed by atoms with Crippen LogP contribution in [0.5, 0.6) is 0 Å². The van der Waals surface area contributed by atoms with Gasteiger partial charge in [-0.2, -0.15) is 0 Å². The molecule has 0 amide bonds. The Labute approximate surface area is 444 Å². The molecule has 286 valence electrons. The summed E-state index contributed by atoms with van der Waals surface area (Å²) in [6, 6.07) is 0. The molecule has 0 aromatic rings. The van der Waals surface area contributed by atoms with Gasteiger partial charge in [-0.3, -0.25) is 14.4 Å². The summed E-state index contributed by atoms with van der Waals surface area (Å²) in [5.41, 5.74) is 0. The second kappa shape index (κ2) is 56.8. The normalized spacial score (nSPS) is 10.2. The van der Waals surface area contributed by atoms with Gasteiger partial charge in [-0.25, -0.2) is 0 Å². The zero-order valence-corrected chi connectivity index (χ0v) is 44.4. The van der Waals surface area contributed by atoms with E-state index in [9.17, 15) is 14.4 Å². The number of unbranched alkanes of at least 4 members (excludes halogenated alkanes) is 30. The predicted molar refractivity (Wildman–Crippen MR) is 205 cm³/mol. The number of hydrogen-bond acceptors (Lipinski definition) is 4. The molecule has 0 unspecified atom stereocenters. The largest absolute Gasteiger partial charge is 1.00 e. The average Bonchev–Trinajstić information content (AvgIpc) is 3.05. The van der Waals surface area contributed by atoms with Crippen molar-refractivity contribution < 1.29 is 183 Å². The van der Waals surface area contributed by atoms with E-state index in [2.05, 4.69) is 20.8 Å². The van der Waals surface area contributed by atoms with E-state index >= 15 is 0 Å². The Morgan fingerprint density at radius 2 is 0.520 bits per heavy atom. The van der Waals surface area contributed by atoms with Gasteiger partial charge in [0.2, 0.25) is 0 Å². The molecule has 0 rings (SSSR count). The van der Waals surface area contributed by atoms with Crippen LogP contribution in [0.2, 0.25) is 0 Å². The Balaban J connectivity index is -0.000000124. The van der Waals surface area contributed by atoms with E-state index < -0.39 is 5.97 Å². The molecule has 0 aliphatic carbocycles. The topological polar surface area (TPSA) is 80.7 Å². The van der Waals surface area contributed by atoms with Crippen LogP contribution in [0.3, 0.4) is 0 Å². The molecule has 0 aromatic heterocycles. The van der Waals surface area contributed by atoms with E-state index in [-0.39, 0.29) is 170 Å². The van der Waals surface area contributed by atoms with Crippen LogP contribution in [-0.2, 0) is 19.1 Å². The number of carbonyl (C=O) groups is 3. The van der Waals surface area contributed by atoms with Crippen LogP contribution in [0.15, 0.2) is 0 Å². The summed E-state index contributed by atoms with van der Waals surface area (Å²) in [5, 5.41) is 8.49.